The van der Waals surface area contributed by atoms with Gasteiger partial charge in [0.2, 0.25) is 0 Å². The van der Waals surface area contributed by atoms with Crippen molar-refractivity contribution in [2.24, 2.45) is 17.3 Å². The topological polar surface area (TPSA) is 71.7 Å². The van der Waals surface area contributed by atoms with Crippen molar-refractivity contribution in [3.8, 4) is 11.8 Å². The highest BCUT2D eigenvalue weighted by atomic mass is 16.5. The van der Waals surface area contributed by atoms with E-state index in [4.69, 9.17) is 4.74 Å². The van der Waals surface area contributed by atoms with Gasteiger partial charge in [0.25, 0.3) is 0 Å². The Balaban J connectivity index is 1.87. The van der Waals surface area contributed by atoms with Crippen LogP contribution in [-0.4, -0.2) is 27.9 Å². The second-order valence-corrected chi connectivity index (χ2v) is 6.52. The predicted molar refractivity (Wildman–Crippen MR) is 77.1 cm³/mol. The van der Waals surface area contributed by atoms with E-state index in [0.29, 0.717) is 19.4 Å². The van der Waals surface area contributed by atoms with Gasteiger partial charge in [0.05, 0.1) is 13.0 Å². The van der Waals surface area contributed by atoms with Crippen LogP contribution in [0.1, 0.15) is 25.0 Å². The van der Waals surface area contributed by atoms with E-state index in [0.717, 1.165) is 11.1 Å². The van der Waals surface area contributed by atoms with Gasteiger partial charge in [-0.3, -0.25) is 9.36 Å². The van der Waals surface area contributed by atoms with Gasteiger partial charge in [-0.1, -0.05) is 26.0 Å². The summed E-state index contributed by atoms with van der Waals surface area (Å²) in [5.74, 6) is -0.0960. The highest BCUT2D eigenvalue weighted by Gasteiger charge is 2.62. The normalized spacial score (nSPS) is 25.5. The first kappa shape index (κ1) is 14.0. The maximum Gasteiger partial charge on any atom is 0.309 e. The summed E-state index contributed by atoms with van der Waals surface area (Å²) in [6, 6.07) is 0. The Morgan fingerprint density at radius 3 is 2.29 bits per heavy atom. The number of carbonyl (C=O) groups is 1. The summed E-state index contributed by atoms with van der Waals surface area (Å²) in [5, 5.41) is 20.7. The van der Waals surface area contributed by atoms with Crippen LogP contribution in [0.25, 0.3) is 0 Å². The van der Waals surface area contributed by atoms with Gasteiger partial charge in [-0.2, -0.15) is 0 Å². The smallest absolute Gasteiger partial charge is 0.309 e. The number of hydrogen-bond donors (Lipinski definition) is 2. The zero-order valence-electron chi connectivity index (χ0n) is 12.6. The standard InChI is InChI=1S/C16H21NO4/c1-16(2)11(12(16)15(20)21-3)8-17-13(18)9-6-4-5-7-10(9)14(17)19/h4-5,11-12,18-19H,6-8H2,1-3H3. The lowest BCUT2D eigenvalue weighted by Gasteiger charge is -2.08. The molecule has 5 heteroatoms. The number of esters is 1. The van der Waals surface area contributed by atoms with Crippen molar-refractivity contribution >= 4 is 5.97 Å². The minimum Gasteiger partial charge on any atom is -0.494 e. The summed E-state index contributed by atoms with van der Waals surface area (Å²) in [5.41, 5.74) is 1.42. The summed E-state index contributed by atoms with van der Waals surface area (Å²) in [6.45, 7) is 4.45. The Labute approximate surface area is 123 Å². The van der Waals surface area contributed by atoms with Gasteiger partial charge >= 0.3 is 5.97 Å². The molecule has 2 atom stereocenters. The molecule has 2 aliphatic carbocycles. The molecular weight excluding hydrogens is 270 g/mol. The van der Waals surface area contributed by atoms with Crippen LogP contribution in [-0.2, 0) is 28.9 Å². The third-order valence-electron chi connectivity index (χ3n) is 5.11. The fourth-order valence-corrected chi connectivity index (χ4v) is 3.58. The van der Waals surface area contributed by atoms with E-state index in [2.05, 4.69) is 0 Å². The van der Waals surface area contributed by atoms with Crippen molar-refractivity contribution in [2.75, 3.05) is 7.11 Å². The van der Waals surface area contributed by atoms with Crippen LogP contribution in [0.5, 0.6) is 11.8 Å². The number of carbonyl (C=O) groups excluding carboxylic acids is 1. The van der Waals surface area contributed by atoms with Gasteiger partial charge in [-0.25, -0.2) is 0 Å². The van der Waals surface area contributed by atoms with Gasteiger partial charge in [0.15, 0.2) is 11.8 Å². The zero-order valence-corrected chi connectivity index (χ0v) is 12.6. The number of fused-ring (bicyclic) bond motifs is 1. The number of hydrogen-bond acceptors (Lipinski definition) is 4. The van der Waals surface area contributed by atoms with Gasteiger partial charge in [0.1, 0.15) is 0 Å². The molecule has 5 nitrogen and oxygen atoms in total. The highest BCUT2D eigenvalue weighted by molar-refractivity contribution is 5.77. The van der Waals surface area contributed by atoms with E-state index >= 15 is 0 Å². The summed E-state index contributed by atoms with van der Waals surface area (Å²) in [7, 11) is 1.39. The van der Waals surface area contributed by atoms with Gasteiger partial charge in [-0.05, 0) is 24.2 Å². The van der Waals surface area contributed by atoms with E-state index in [1.54, 1.807) is 0 Å². The van der Waals surface area contributed by atoms with Crippen LogP contribution in [0.2, 0.25) is 0 Å². The van der Waals surface area contributed by atoms with Crippen molar-refractivity contribution in [1.29, 1.82) is 0 Å². The maximum absolute atomic E-state index is 11.8. The minimum atomic E-state index is -0.220. The van der Waals surface area contributed by atoms with Crippen molar-refractivity contribution < 1.29 is 19.7 Å². The van der Waals surface area contributed by atoms with Crippen LogP contribution < -0.4 is 0 Å². The lowest BCUT2D eigenvalue weighted by atomic mass is 10.0. The molecule has 2 aliphatic rings. The first-order valence-corrected chi connectivity index (χ1v) is 7.24. The third-order valence-corrected chi connectivity index (χ3v) is 5.11. The van der Waals surface area contributed by atoms with Gasteiger partial charge in [-0.15, -0.1) is 0 Å². The molecule has 3 rings (SSSR count). The second kappa shape index (κ2) is 4.55. The molecule has 2 N–H and O–H groups in total. The number of allylic oxidation sites excluding steroid dienone is 2. The molecule has 1 aromatic heterocycles. The molecule has 21 heavy (non-hydrogen) atoms. The Bertz CT molecular complexity index is 595. The van der Waals surface area contributed by atoms with E-state index in [9.17, 15) is 15.0 Å². The van der Waals surface area contributed by atoms with Gasteiger partial charge in [0, 0.05) is 17.7 Å². The molecule has 0 aromatic carbocycles. The number of ether oxygens (including phenoxy) is 1. The predicted octanol–water partition coefficient (Wildman–Crippen LogP) is 2.00. The molecule has 0 radical (unpaired) electrons. The first-order chi connectivity index (χ1) is 9.89. The van der Waals surface area contributed by atoms with Crippen molar-refractivity contribution in [1.82, 2.24) is 4.57 Å². The van der Waals surface area contributed by atoms with Crippen molar-refractivity contribution in [3.05, 3.63) is 23.3 Å². The molecule has 1 saturated carbocycles. The molecule has 0 amide bonds. The molecule has 1 aromatic rings. The Morgan fingerprint density at radius 1 is 1.29 bits per heavy atom. The average Bonchev–Trinajstić information content (AvgIpc) is 2.93. The molecule has 0 saturated heterocycles. The maximum atomic E-state index is 11.8. The van der Waals surface area contributed by atoms with E-state index in [-0.39, 0.29) is 35.0 Å². The summed E-state index contributed by atoms with van der Waals surface area (Å²) in [4.78, 5) is 11.8. The first-order valence-electron chi connectivity index (χ1n) is 7.24. The van der Waals surface area contributed by atoms with Gasteiger partial charge < -0.3 is 14.9 Å². The van der Waals surface area contributed by atoms with E-state index in [1.165, 1.54) is 11.7 Å². The second-order valence-electron chi connectivity index (χ2n) is 6.52. The van der Waals surface area contributed by atoms with E-state index in [1.807, 2.05) is 26.0 Å². The number of aromatic nitrogens is 1. The van der Waals surface area contributed by atoms with Crippen LogP contribution in [0.15, 0.2) is 12.2 Å². The molecule has 0 bridgehead atoms. The quantitative estimate of drug-likeness (QED) is 0.660. The number of aromatic hydroxyl groups is 2. The average molecular weight is 291 g/mol. The fourth-order valence-electron chi connectivity index (χ4n) is 3.58. The molecule has 0 aliphatic heterocycles. The highest BCUT2D eigenvalue weighted by Crippen LogP contribution is 2.60. The Morgan fingerprint density at radius 2 is 1.81 bits per heavy atom. The summed E-state index contributed by atoms with van der Waals surface area (Å²) >= 11 is 0. The van der Waals surface area contributed by atoms with Crippen molar-refractivity contribution in [2.45, 2.75) is 33.2 Å². The minimum absolute atomic E-state index is 0.0589. The number of nitrogens with zero attached hydrogens (tertiary/aromatic N) is 1. The summed E-state index contributed by atoms with van der Waals surface area (Å²) < 4.78 is 6.37. The SMILES string of the molecule is COC(=O)C1C(Cn2c(O)c3c(c2O)CC=CC3)C1(C)C. The largest absolute Gasteiger partial charge is 0.494 e. The van der Waals surface area contributed by atoms with Crippen molar-refractivity contribution in [3.63, 3.8) is 0 Å². The number of methoxy groups -OCH3 is 1. The molecule has 1 heterocycles. The molecule has 0 spiro atoms. The Hall–Kier alpha value is -1.91. The monoisotopic (exact) mass is 291 g/mol. The molecular formula is C16H21NO4. The van der Waals surface area contributed by atoms with Crippen LogP contribution in [0, 0.1) is 17.3 Å². The van der Waals surface area contributed by atoms with E-state index < -0.39 is 0 Å². The fraction of sp³-hybridized carbons (Fsp3) is 0.562. The lowest BCUT2D eigenvalue weighted by molar-refractivity contribution is -0.143. The molecule has 2 unspecified atom stereocenters. The zero-order chi connectivity index (χ0) is 15.4. The summed E-state index contributed by atoms with van der Waals surface area (Å²) in [6.07, 6.45) is 5.25. The third kappa shape index (κ3) is 1.94. The molecule has 1 fully saturated rings. The molecule has 114 valence electrons. The van der Waals surface area contributed by atoms with Crippen LogP contribution in [0.4, 0.5) is 0 Å². The number of rotatable bonds is 3. The Kier molecular flexibility index (Phi) is 3.04. The van der Waals surface area contributed by atoms with Crippen LogP contribution in [0.3, 0.4) is 0 Å². The lowest BCUT2D eigenvalue weighted by Crippen LogP contribution is -2.08. The van der Waals surface area contributed by atoms with Crippen LogP contribution >= 0.6 is 0 Å².